The van der Waals surface area contributed by atoms with Crippen molar-refractivity contribution < 1.29 is 4.92 Å². The zero-order valence-corrected chi connectivity index (χ0v) is 7.80. The molecular weight excluding hydrogens is 194 g/mol. The summed E-state index contributed by atoms with van der Waals surface area (Å²) in [6.45, 7) is 1.65. The van der Waals surface area contributed by atoms with E-state index >= 15 is 0 Å². The monoisotopic (exact) mass is 203 g/mol. The zero-order valence-electron chi connectivity index (χ0n) is 6.98. The standard InChI is InChI=1S/C7H9N3O2.ClH/c1-5-6(9-8)3-2-4-7(5)10(11)12;/h2-4,9H,8H2,1H3;1H. The lowest BCUT2D eigenvalue weighted by molar-refractivity contribution is -0.385. The maximum absolute atomic E-state index is 10.4. The number of nitrogens with zero attached hydrogens (tertiary/aromatic N) is 1. The third kappa shape index (κ3) is 2.30. The van der Waals surface area contributed by atoms with Crippen LogP contribution in [0.4, 0.5) is 11.4 Å². The van der Waals surface area contributed by atoms with Gasteiger partial charge >= 0.3 is 0 Å². The van der Waals surface area contributed by atoms with Crippen molar-refractivity contribution in [2.45, 2.75) is 6.92 Å². The lowest BCUT2D eigenvalue weighted by atomic mass is 10.1. The molecule has 0 aliphatic heterocycles. The molecule has 6 heteroatoms. The molecule has 0 radical (unpaired) electrons. The van der Waals surface area contributed by atoms with Gasteiger partial charge in [-0.15, -0.1) is 12.4 Å². The molecule has 3 N–H and O–H groups in total. The quantitative estimate of drug-likeness (QED) is 0.435. The van der Waals surface area contributed by atoms with Gasteiger partial charge < -0.3 is 5.43 Å². The number of nitrogens with two attached hydrogens (primary N) is 1. The average Bonchev–Trinajstić information content (AvgIpc) is 2.04. The van der Waals surface area contributed by atoms with E-state index < -0.39 is 4.92 Å². The van der Waals surface area contributed by atoms with Crippen LogP contribution in [0.15, 0.2) is 18.2 Å². The highest BCUT2D eigenvalue weighted by Crippen LogP contribution is 2.23. The van der Waals surface area contributed by atoms with Gasteiger partial charge in [-0.05, 0) is 13.0 Å². The molecule has 0 saturated carbocycles. The first-order chi connectivity index (χ1) is 5.66. The molecule has 0 saturated heterocycles. The van der Waals surface area contributed by atoms with Crippen molar-refractivity contribution in [1.29, 1.82) is 0 Å². The van der Waals surface area contributed by atoms with Gasteiger partial charge in [-0.2, -0.15) is 0 Å². The number of hydrazine groups is 1. The van der Waals surface area contributed by atoms with E-state index in [1.807, 2.05) is 0 Å². The fraction of sp³-hybridized carbons (Fsp3) is 0.143. The van der Waals surface area contributed by atoms with E-state index in [9.17, 15) is 10.1 Å². The van der Waals surface area contributed by atoms with Crippen LogP contribution in [0.1, 0.15) is 5.56 Å². The number of nitro groups is 1. The number of anilines is 1. The summed E-state index contributed by atoms with van der Waals surface area (Å²) in [6, 6.07) is 4.71. The topological polar surface area (TPSA) is 81.2 Å². The fourth-order valence-electron chi connectivity index (χ4n) is 0.978. The van der Waals surface area contributed by atoms with Gasteiger partial charge in [-0.25, -0.2) is 0 Å². The molecular formula is C7H10ClN3O2. The fourth-order valence-corrected chi connectivity index (χ4v) is 0.978. The van der Waals surface area contributed by atoms with Crippen molar-refractivity contribution in [3.8, 4) is 0 Å². The second kappa shape index (κ2) is 4.64. The van der Waals surface area contributed by atoms with E-state index in [-0.39, 0.29) is 18.1 Å². The van der Waals surface area contributed by atoms with Crippen molar-refractivity contribution >= 4 is 23.8 Å². The minimum absolute atomic E-state index is 0. The van der Waals surface area contributed by atoms with Crippen LogP contribution in [0.25, 0.3) is 0 Å². The van der Waals surface area contributed by atoms with Crippen molar-refractivity contribution in [3.63, 3.8) is 0 Å². The average molecular weight is 204 g/mol. The zero-order chi connectivity index (χ0) is 9.14. The molecule has 0 bridgehead atoms. The first-order valence-electron chi connectivity index (χ1n) is 3.37. The van der Waals surface area contributed by atoms with Gasteiger partial charge in [0.25, 0.3) is 5.69 Å². The number of hydrogen-bond donors (Lipinski definition) is 2. The second-order valence-corrected chi connectivity index (χ2v) is 2.35. The molecule has 0 fully saturated rings. The Kier molecular flexibility index (Phi) is 4.16. The van der Waals surface area contributed by atoms with Crippen molar-refractivity contribution in [2.24, 2.45) is 5.84 Å². The highest BCUT2D eigenvalue weighted by molar-refractivity contribution is 5.85. The van der Waals surface area contributed by atoms with E-state index in [1.54, 1.807) is 19.1 Å². The Morgan fingerprint density at radius 1 is 1.54 bits per heavy atom. The lowest BCUT2D eigenvalue weighted by Gasteiger charge is -2.03. The number of hydrogen-bond acceptors (Lipinski definition) is 4. The van der Waals surface area contributed by atoms with E-state index in [0.717, 1.165) is 0 Å². The second-order valence-electron chi connectivity index (χ2n) is 2.35. The van der Waals surface area contributed by atoms with Gasteiger partial charge in [0, 0.05) is 6.07 Å². The van der Waals surface area contributed by atoms with E-state index in [0.29, 0.717) is 11.3 Å². The minimum atomic E-state index is -0.434. The smallest absolute Gasteiger partial charge is 0.274 e. The van der Waals surface area contributed by atoms with Crippen LogP contribution in [0.3, 0.4) is 0 Å². The number of rotatable bonds is 2. The molecule has 0 atom stereocenters. The van der Waals surface area contributed by atoms with Crippen molar-refractivity contribution in [3.05, 3.63) is 33.9 Å². The molecule has 0 aliphatic rings. The first-order valence-corrected chi connectivity index (χ1v) is 3.37. The molecule has 0 unspecified atom stereocenters. The van der Waals surface area contributed by atoms with Crippen LogP contribution >= 0.6 is 12.4 Å². The highest BCUT2D eigenvalue weighted by Gasteiger charge is 2.11. The van der Waals surface area contributed by atoms with Crippen molar-refractivity contribution in [1.82, 2.24) is 0 Å². The summed E-state index contributed by atoms with van der Waals surface area (Å²) >= 11 is 0. The van der Waals surface area contributed by atoms with Gasteiger partial charge in [-0.1, -0.05) is 6.07 Å². The summed E-state index contributed by atoms with van der Waals surface area (Å²) in [5.74, 6) is 5.15. The Morgan fingerprint density at radius 2 is 2.15 bits per heavy atom. The van der Waals surface area contributed by atoms with Crippen molar-refractivity contribution in [2.75, 3.05) is 5.43 Å². The maximum Gasteiger partial charge on any atom is 0.274 e. The Morgan fingerprint density at radius 3 is 2.62 bits per heavy atom. The van der Waals surface area contributed by atoms with E-state index in [4.69, 9.17) is 5.84 Å². The maximum atomic E-state index is 10.4. The predicted octanol–water partition coefficient (Wildman–Crippen LogP) is 1.61. The molecule has 1 aromatic rings. The van der Waals surface area contributed by atoms with E-state index in [1.165, 1.54) is 6.07 Å². The highest BCUT2D eigenvalue weighted by atomic mass is 35.5. The Labute approximate surface area is 81.5 Å². The molecule has 72 valence electrons. The minimum Gasteiger partial charge on any atom is -0.324 e. The van der Waals surface area contributed by atoms with Crippen LogP contribution in [-0.2, 0) is 0 Å². The first kappa shape index (κ1) is 11.7. The van der Waals surface area contributed by atoms with Gasteiger partial charge in [0.1, 0.15) is 0 Å². The summed E-state index contributed by atoms with van der Waals surface area (Å²) in [6.07, 6.45) is 0. The number of nitrogen functional groups attached to an aromatic ring is 1. The van der Waals surface area contributed by atoms with Gasteiger partial charge in [0.15, 0.2) is 0 Å². The number of halogens is 1. The van der Waals surface area contributed by atoms with Crippen LogP contribution in [0.2, 0.25) is 0 Å². The number of nitro benzene ring substituents is 1. The van der Waals surface area contributed by atoms with Gasteiger partial charge in [0.2, 0.25) is 0 Å². The molecule has 0 spiro atoms. The molecule has 0 aliphatic carbocycles. The SMILES string of the molecule is Cc1c(NN)cccc1[N+](=O)[O-].Cl. The number of nitrogens with one attached hydrogen (secondary N) is 1. The summed E-state index contributed by atoms with van der Waals surface area (Å²) < 4.78 is 0. The number of benzene rings is 1. The van der Waals surface area contributed by atoms with Gasteiger partial charge in [-0.3, -0.25) is 16.0 Å². The molecule has 1 rings (SSSR count). The summed E-state index contributed by atoms with van der Waals surface area (Å²) in [7, 11) is 0. The Balaban J connectivity index is 0.00000144. The third-order valence-electron chi connectivity index (χ3n) is 1.66. The predicted molar refractivity (Wildman–Crippen MR) is 52.9 cm³/mol. The normalized spacial score (nSPS) is 8.77. The molecule has 5 nitrogen and oxygen atoms in total. The van der Waals surface area contributed by atoms with Crippen LogP contribution in [0.5, 0.6) is 0 Å². The van der Waals surface area contributed by atoms with Crippen LogP contribution < -0.4 is 11.3 Å². The summed E-state index contributed by atoms with van der Waals surface area (Å²) in [5, 5.41) is 10.4. The van der Waals surface area contributed by atoms with Gasteiger partial charge in [0.05, 0.1) is 16.2 Å². The summed E-state index contributed by atoms with van der Waals surface area (Å²) in [4.78, 5) is 9.99. The van der Waals surface area contributed by atoms with E-state index in [2.05, 4.69) is 5.43 Å². The third-order valence-corrected chi connectivity index (χ3v) is 1.66. The Hall–Kier alpha value is -1.33. The Bertz CT molecular complexity index is 317. The molecule has 0 heterocycles. The molecule has 13 heavy (non-hydrogen) atoms. The molecule has 1 aromatic carbocycles. The van der Waals surface area contributed by atoms with Crippen LogP contribution in [0, 0.1) is 17.0 Å². The summed E-state index contributed by atoms with van der Waals surface area (Å²) in [5.41, 5.74) is 3.58. The van der Waals surface area contributed by atoms with Crippen LogP contribution in [-0.4, -0.2) is 4.92 Å². The largest absolute Gasteiger partial charge is 0.324 e. The molecule has 0 amide bonds. The molecule has 0 aromatic heterocycles. The lowest BCUT2D eigenvalue weighted by Crippen LogP contribution is -2.08.